The molecule has 88 valence electrons. The number of hydrogen-bond acceptors (Lipinski definition) is 2. The maximum Gasteiger partial charge on any atom is 0.203 e. The standard InChI is InChI=1S/C12H7BrClIOS/c1-6-8(13)5-11(17-6)12(16)7-2-3-10(15)9(14)4-7/h2-5H,1H3. The van der Waals surface area contributed by atoms with Gasteiger partial charge in [0.1, 0.15) is 0 Å². The van der Waals surface area contributed by atoms with Crippen molar-refractivity contribution in [2.45, 2.75) is 6.92 Å². The smallest absolute Gasteiger partial charge is 0.203 e. The Morgan fingerprint density at radius 3 is 2.65 bits per heavy atom. The highest BCUT2D eigenvalue weighted by Gasteiger charge is 2.14. The molecule has 0 bridgehead atoms. The second-order valence-corrected chi connectivity index (χ2v) is 7.15. The summed E-state index contributed by atoms with van der Waals surface area (Å²) >= 11 is 13.1. The third-order valence-corrected chi connectivity index (χ3v) is 5.97. The van der Waals surface area contributed by atoms with Gasteiger partial charge in [-0.2, -0.15) is 0 Å². The first kappa shape index (κ1) is 13.5. The summed E-state index contributed by atoms with van der Waals surface area (Å²) in [5.41, 5.74) is 0.629. The number of rotatable bonds is 2. The van der Waals surface area contributed by atoms with Gasteiger partial charge in [0.25, 0.3) is 0 Å². The molecule has 17 heavy (non-hydrogen) atoms. The second kappa shape index (κ2) is 5.38. The van der Waals surface area contributed by atoms with Gasteiger partial charge in [-0.05, 0) is 69.7 Å². The first-order valence-corrected chi connectivity index (χ1v) is 7.81. The molecule has 0 radical (unpaired) electrons. The van der Waals surface area contributed by atoms with Crippen molar-refractivity contribution in [2.24, 2.45) is 0 Å². The molecule has 1 aromatic carbocycles. The van der Waals surface area contributed by atoms with E-state index in [1.54, 1.807) is 12.1 Å². The molecule has 1 nitrogen and oxygen atoms in total. The Hall–Kier alpha value is 0.0900. The maximum absolute atomic E-state index is 12.2. The largest absolute Gasteiger partial charge is 0.288 e. The summed E-state index contributed by atoms with van der Waals surface area (Å²) in [4.78, 5) is 14.0. The van der Waals surface area contributed by atoms with Crippen molar-refractivity contribution in [1.82, 2.24) is 0 Å². The highest BCUT2D eigenvalue weighted by Crippen LogP contribution is 2.29. The van der Waals surface area contributed by atoms with Crippen LogP contribution in [0.25, 0.3) is 0 Å². The summed E-state index contributed by atoms with van der Waals surface area (Å²) in [6.45, 7) is 1.98. The van der Waals surface area contributed by atoms with Gasteiger partial charge in [-0.15, -0.1) is 11.3 Å². The van der Waals surface area contributed by atoms with Crippen LogP contribution >= 0.6 is 61.5 Å². The summed E-state index contributed by atoms with van der Waals surface area (Å²) < 4.78 is 1.92. The van der Waals surface area contributed by atoms with E-state index in [4.69, 9.17) is 11.6 Å². The minimum atomic E-state index is 0.0158. The second-order valence-electron chi connectivity index (χ2n) is 3.47. The molecule has 0 saturated heterocycles. The molecule has 2 rings (SSSR count). The Labute approximate surface area is 130 Å². The van der Waals surface area contributed by atoms with E-state index >= 15 is 0 Å². The van der Waals surface area contributed by atoms with Gasteiger partial charge in [-0.3, -0.25) is 4.79 Å². The van der Waals surface area contributed by atoms with Crippen LogP contribution in [-0.4, -0.2) is 5.78 Å². The number of thiophene rings is 1. The van der Waals surface area contributed by atoms with Crippen LogP contribution < -0.4 is 0 Å². The fraction of sp³-hybridized carbons (Fsp3) is 0.0833. The number of hydrogen-bond donors (Lipinski definition) is 0. The number of ketones is 1. The lowest BCUT2D eigenvalue weighted by Crippen LogP contribution is -1.98. The van der Waals surface area contributed by atoms with Crippen molar-refractivity contribution in [2.75, 3.05) is 0 Å². The Morgan fingerprint density at radius 2 is 2.12 bits per heavy atom. The van der Waals surface area contributed by atoms with Gasteiger partial charge >= 0.3 is 0 Å². The number of carbonyl (C=O) groups is 1. The molecule has 5 heteroatoms. The molecule has 0 saturated carbocycles. The van der Waals surface area contributed by atoms with E-state index in [1.807, 2.05) is 19.1 Å². The van der Waals surface area contributed by atoms with Crippen molar-refractivity contribution >= 4 is 67.2 Å². The molecular formula is C12H7BrClIOS. The number of aryl methyl sites for hydroxylation is 1. The lowest BCUT2D eigenvalue weighted by atomic mass is 10.1. The summed E-state index contributed by atoms with van der Waals surface area (Å²) in [7, 11) is 0. The van der Waals surface area contributed by atoms with Crippen LogP contribution in [0.3, 0.4) is 0 Å². The molecular weight excluding hydrogens is 434 g/mol. The molecule has 0 aliphatic rings. The highest BCUT2D eigenvalue weighted by atomic mass is 127. The lowest BCUT2D eigenvalue weighted by molar-refractivity contribution is 0.104. The SMILES string of the molecule is Cc1sc(C(=O)c2ccc(I)c(Cl)c2)cc1Br. The van der Waals surface area contributed by atoms with E-state index in [0.717, 1.165) is 17.8 Å². The predicted molar refractivity (Wildman–Crippen MR) is 84.4 cm³/mol. The monoisotopic (exact) mass is 440 g/mol. The van der Waals surface area contributed by atoms with E-state index in [2.05, 4.69) is 38.5 Å². The van der Waals surface area contributed by atoms with Crippen molar-refractivity contribution in [1.29, 1.82) is 0 Å². The number of halogens is 3. The molecule has 0 fully saturated rings. The Bertz CT molecular complexity index is 575. The van der Waals surface area contributed by atoms with Crippen LogP contribution in [0.1, 0.15) is 20.1 Å². The average molecular weight is 442 g/mol. The van der Waals surface area contributed by atoms with Crippen LogP contribution in [0, 0.1) is 10.5 Å². The molecule has 0 amide bonds. The van der Waals surface area contributed by atoms with E-state index in [-0.39, 0.29) is 5.78 Å². The first-order valence-electron chi connectivity index (χ1n) is 4.74. The fourth-order valence-electron chi connectivity index (χ4n) is 1.35. The minimum Gasteiger partial charge on any atom is -0.288 e. The molecule has 1 heterocycles. The van der Waals surface area contributed by atoms with Crippen LogP contribution in [0.4, 0.5) is 0 Å². The van der Waals surface area contributed by atoms with Gasteiger partial charge in [0.05, 0.1) is 9.90 Å². The van der Waals surface area contributed by atoms with Crippen LogP contribution in [0.5, 0.6) is 0 Å². The first-order chi connectivity index (χ1) is 7.99. The molecule has 0 aliphatic heterocycles. The van der Waals surface area contributed by atoms with Crippen molar-refractivity contribution in [3.8, 4) is 0 Å². The molecule has 0 aliphatic carbocycles. The van der Waals surface area contributed by atoms with Gasteiger partial charge in [0, 0.05) is 18.5 Å². The van der Waals surface area contributed by atoms with E-state index < -0.39 is 0 Å². The molecule has 2 aromatic rings. The van der Waals surface area contributed by atoms with E-state index in [0.29, 0.717) is 10.6 Å². The van der Waals surface area contributed by atoms with Gasteiger partial charge < -0.3 is 0 Å². The number of carbonyl (C=O) groups excluding carboxylic acids is 1. The average Bonchev–Trinajstić information content (AvgIpc) is 2.62. The summed E-state index contributed by atoms with van der Waals surface area (Å²) in [5.74, 6) is 0.0158. The zero-order valence-electron chi connectivity index (χ0n) is 8.76. The van der Waals surface area contributed by atoms with Crippen molar-refractivity contribution in [3.63, 3.8) is 0 Å². The topological polar surface area (TPSA) is 17.1 Å². The van der Waals surface area contributed by atoms with Gasteiger partial charge in [-0.1, -0.05) is 11.6 Å². The predicted octanol–water partition coefficient (Wildman–Crippen LogP) is 5.31. The summed E-state index contributed by atoms with van der Waals surface area (Å²) in [6.07, 6.45) is 0. The van der Waals surface area contributed by atoms with Crippen LogP contribution in [0.2, 0.25) is 5.02 Å². The quantitative estimate of drug-likeness (QED) is 0.456. The minimum absolute atomic E-state index is 0.0158. The Balaban J connectivity index is 2.40. The van der Waals surface area contributed by atoms with Crippen molar-refractivity contribution in [3.05, 3.63) is 52.6 Å². The summed E-state index contributed by atoms with van der Waals surface area (Å²) in [5, 5.41) is 0.615. The van der Waals surface area contributed by atoms with Crippen LogP contribution in [-0.2, 0) is 0 Å². The van der Waals surface area contributed by atoms with E-state index in [9.17, 15) is 4.79 Å². The highest BCUT2D eigenvalue weighted by molar-refractivity contribution is 14.1. The van der Waals surface area contributed by atoms with Gasteiger partial charge in [-0.25, -0.2) is 0 Å². The van der Waals surface area contributed by atoms with E-state index in [1.165, 1.54) is 11.3 Å². The van der Waals surface area contributed by atoms with Gasteiger partial charge in [0.2, 0.25) is 5.78 Å². The Kier molecular flexibility index (Phi) is 4.28. The normalized spacial score (nSPS) is 10.6. The molecule has 0 spiro atoms. The van der Waals surface area contributed by atoms with Crippen LogP contribution in [0.15, 0.2) is 28.7 Å². The lowest BCUT2D eigenvalue weighted by Gasteiger charge is -2.00. The number of benzene rings is 1. The maximum atomic E-state index is 12.2. The van der Waals surface area contributed by atoms with Gasteiger partial charge in [0.15, 0.2) is 0 Å². The third-order valence-electron chi connectivity index (χ3n) is 2.26. The zero-order valence-corrected chi connectivity index (χ0v) is 14.1. The van der Waals surface area contributed by atoms with Crippen molar-refractivity contribution < 1.29 is 4.79 Å². The molecule has 0 atom stereocenters. The molecule has 0 N–H and O–H groups in total. The fourth-order valence-corrected chi connectivity index (χ4v) is 3.36. The zero-order chi connectivity index (χ0) is 12.6. The third kappa shape index (κ3) is 2.92. The molecule has 0 unspecified atom stereocenters. The Morgan fingerprint density at radius 1 is 1.41 bits per heavy atom. The molecule has 1 aromatic heterocycles. The summed E-state index contributed by atoms with van der Waals surface area (Å²) in [6, 6.07) is 7.23.